The van der Waals surface area contributed by atoms with Crippen molar-refractivity contribution in [2.24, 2.45) is 0 Å². The zero-order valence-corrected chi connectivity index (χ0v) is 11.9. The van der Waals surface area contributed by atoms with E-state index < -0.39 is 0 Å². The van der Waals surface area contributed by atoms with Crippen LogP contribution in [0.15, 0.2) is 48.8 Å². The zero-order valence-electron chi connectivity index (χ0n) is 11.9. The Hall–Kier alpha value is -2.07. The molecule has 4 nitrogen and oxygen atoms in total. The maximum atomic E-state index is 11.6. The highest BCUT2D eigenvalue weighted by molar-refractivity contribution is 5.76. The monoisotopic (exact) mass is 272 g/mol. The van der Waals surface area contributed by atoms with Crippen molar-refractivity contribution in [3.8, 4) is 5.69 Å². The van der Waals surface area contributed by atoms with Crippen LogP contribution >= 0.6 is 0 Å². The molecule has 0 aliphatic heterocycles. The number of hydrogen-bond donors (Lipinski definition) is 1. The fourth-order valence-corrected chi connectivity index (χ4v) is 2.03. The van der Waals surface area contributed by atoms with E-state index in [0.29, 0.717) is 13.0 Å². The smallest absolute Gasteiger partial charge is 0.222 e. The van der Waals surface area contributed by atoms with Gasteiger partial charge in [-0.2, -0.15) is 0 Å². The number of carbonyl (C=O) groups is 1. The third kappa shape index (κ3) is 3.71. The Morgan fingerprint density at radius 2 is 1.90 bits per heavy atom. The van der Waals surface area contributed by atoms with Crippen LogP contribution in [0.5, 0.6) is 0 Å². The highest BCUT2D eigenvalue weighted by Crippen LogP contribution is 2.16. The second-order valence-corrected chi connectivity index (χ2v) is 4.71. The highest BCUT2D eigenvalue weighted by Gasteiger charge is 2.09. The Labute approximate surface area is 119 Å². The molecular weight excluding hydrogens is 252 g/mol. The summed E-state index contributed by atoms with van der Waals surface area (Å²) in [6.45, 7) is 2.43. The molecule has 106 valence electrons. The average molecular weight is 272 g/mol. The summed E-state index contributed by atoms with van der Waals surface area (Å²) in [6.07, 6.45) is 4.40. The summed E-state index contributed by atoms with van der Waals surface area (Å²) in [5.41, 5.74) is 2.20. The summed E-state index contributed by atoms with van der Waals surface area (Å²) in [4.78, 5) is 11.6. The highest BCUT2D eigenvalue weighted by atomic mass is 16.5. The van der Waals surface area contributed by atoms with Gasteiger partial charge in [0.1, 0.15) is 0 Å². The van der Waals surface area contributed by atoms with Crippen molar-refractivity contribution in [1.82, 2.24) is 9.88 Å². The molecule has 0 radical (unpaired) electrons. The van der Waals surface area contributed by atoms with Crippen LogP contribution < -0.4 is 5.32 Å². The number of hydrogen-bond acceptors (Lipinski definition) is 2. The molecule has 2 aromatic rings. The predicted octanol–water partition coefficient (Wildman–Crippen LogP) is 2.69. The van der Waals surface area contributed by atoms with Crippen molar-refractivity contribution in [1.29, 1.82) is 0 Å². The van der Waals surface area contributed by atoms with Crippen molar-refractivity contribution in [3.05, 3.63) is 54.4 Å². The molecule has 1 amide bonds. The largest absolute Gasteiger partial charge is 0.384 e. The topological polar surface area (TPSA) is 43.3 Å². The van der Waals surface area contributed by atoms with Crippen LogP contribution in [-0.2, 0) is 9.53 Å². The van der Waals surface area contributed by atoms with Gasteiger partial charge in [-0.3, -0.25) is 4.79 Å². The molecule has 0 unspecified atom stereocenters. The van der Waals surface area contributed by atoms with Crippen LogP contribution in [0.3, 0.4) is 0 Å². The molecule has 4 heteroatoms. The summed E-state index contributed by atoms with van der Waals surface area (Å²) < 4.78 is 6.94. The van der Waals surface area contributed by atoms with Gasteiger partial charge >= 0.3 is 0 Å². The van der Waals surface area contributed by atoms with Crippen LogP contribution in [0.2, 0.25) is 0 Å². The molecule has 1 N–H and O–H groups in total. The quantitative estimate of drug-likeness (QED) is 0.878. The minimum absolute atomic E-state index is 0.00179. The minimum atomic E-state index is -0.00179. The fraction of sp³-hybridized carbons (Fsp3) is 0.312. The minimum Gasteiger partial charge on any atom is -0.384 e. The van der Waals surface area contributed by atoms with Gasteiger partial charge in [0, 0.05) is 31.6 Å². The van der Waals surface area contributed by atoms with Crippen LogP contribution in [0.4, 0.5) is 0 Å². The van der Waals surface area contributed by atoms with Crippen molar-refractivity contribution in [2.75, 3.05) is 13.7 Å². The molecule has 0 aliphatic rings. The second-order valence-electron chi connectivity index (χ2n) is 4.71. The van der Waals surface area contributed by atoms with Gasteiger partial charge in [0.15, 0.2) is 0 Å². The number of nitrogens with zero attached hydrogens (tertiary/aromatic N) is 1. The predicted molar refractivity (Wildman–Crippen MR) is 78.8 cm³/mol. The molecule has 0 saturated carbocycles. The van der Waals surface area contributed by atoms with Gasteiger partial charge in [-0.1, -0.05) is 12.1 Å². The summed E-state index contributed by atoms with van der Waals surface area (Å²) >= 11 is 0. The zero-order chi connectivity index (χ0) is 14.4. The lowest BCUT2D eigenvalue weighted by molar-refractivity contribution is -0.122. The lowest BCUT2D eigenvalue weighted by atomic mass is 10.1. The Balaban J connectivity index is 1.97. The van der Waals surface area contributed by atoms with Gasteiger partial charge in [0.05, 0.1) is 12.6 Å². The maximum Gasteiger partial charge on any atom is 0.222 e. The molecule has 0 fully saturated rings. The number of nitrogens with one attached hydrogen (secondary N) is 1. The van der Waals surface area contributed by atoms with E-state index in [2.05, 4.69) is 5.32 Å². The molecule has 0 aliphatic carbocycles. The normalized spacial score (nSPS) is 12.1. The molecule has 0 spiro atoms. The molecule has 0 saturated heterocycles. The van der Waals surface area contributed by atoms with E-state index in [-0.39, 0.29) is 11.9 Å². The first-order valence-corrected chi connectivity index (χ1v) is 6.72. The first-order valence-electron chi connectivity index (χ1n) is 6.72. The van der Waals surface area contributed by atoms with E-state index in [9.17, 15) is 4.79 Å². The molecule has 1 aromatic carbocycles. The molecule has 0 bridgehead atoms. The standard InChI is InChI=1S/C16H20N2O2/c1-13(17-16(19)9-12-20-2)14-5-7-15(8-6-14)18-10-3-4-11-18/h3-8,10-11,13H,9,12H2,1-2H3,(H,17,19)/t13-/m0/s1. The maximum absolute atomic E-state index is 11.6. The Morgan fingerprint density at radius 1 is 1.25 bits per heavy atom. The van der Waals surface area contributed by atoms with Crippen LogP contribution in [0.1, 0.15) is 24.9 Å². The van der Waals surface area contributed by atoms with Gasteiger partial charge in [-0.25, -0.2) is 0 Å². The lowest BCUT2D eigenvalue weighted by Crippen LogP contribution is -2.27. The lowest BCUT2D eigenvalue weighted by Gasteiger charge is -2.15. The third-order valence-corrected chi connectivity index (χ3v) is 3.21. The van der Waals surface area contributed by atoms with Crippen LogP contribution in [-0.4, -0.2) is 24.2 Å². The third-order valence-electron chi connectivity index (χ3n) is 3.21. The van der Waals surface area contributed by atoms with Gasteiger partial charge < -0.3 is 14.6 Å². The van der Waals surface area contributed by atoms with Crippen LogP contribution in [0, 0.1) is 0 Å². The van der Waals surface area contributed by atoms with Crippen LogP contribution in [0.25, 0.3) is 5.69 Å². The number of benzene rings is 1. The molecular formula is C16H20N2O2. The average Bonchev–Trinajstić information content (AvgIpc) is 2.99. The summed E-state index contributed by atoms with van der Waals surface area (Å²) in [7, 11) is 1.59. The Morgan fingerprint density at radius 3 is 2.50 bits per heavy atom. The van der Waals surface area contributed by atoms with Gasteiger partial charge in [0.25, 0.3) is 0 Å². The first-order chi connectivity index (χ1) is 9.70. The van der Waals surface area contributed by atoms with E-state index in [1.54, 1.807) is 7.11 Å². The van der Waals surface area contributed by atoms with E-state index in [4.69, 9.17) is 4.74 Å². The molecule has 1 heterocycles. The number of methoxy groups -OCH3 is 1. The molecule has 1 atom stereocenters. The fourth-order valence-electron chi connectivity index (χ4n) is 2.03. The van der Waals surface area contributed by atoms with Gasteiger partial charge in [-0.15, -0.1) is 0 Å². The molecule has 2 rings (SSSR count). The number of carbonyl (C=O) groups excluding carboxylic acids is 1. The van der Waals surface area contributed by atoms with Gasteiger partial charge in [0.2, 0.25) is 5.91 Å². The summed E-state index contributed by atoms with van der Waals surface area (Å²) in [5, 5.41) is 2.96. The van der Waals surface area contributed by atoms with Crippen molar-refractivity contribution in [2.45, 2.75) is 19.4 Å². The Kier molecular flexibility index (Phi) is 4.96. The summed E-state index contributed by atoms with van der Waals surface area (Å²) in [5.74, 6) is 0.00818. The summed E-state index contributed by atoms with van der Waals surface area (Å²) in [6, 6.07) is 12.2. The number of ether oxygens (including phenoxy) is 1. The second kappa shape index (κ2) is 6.91. The van der Waals surface area contributed by atoms with Gasteiger partial charge in [-0.05, 0) is 36.8 Å². The first kappa shape index (κ1) is 14.3. The van der Waals surface area contributed by atoms with E-state index in [1.165, 1.54) is 0 Å². The van der Waals surface area contributed by atoms with E-state index >= 15 is 0 Å². The molecule has 20 heavy (non-hydrogen) atoms. The van der Waals surface area contributed by atoms with Crippen molar-refractivity contribution >= 4 is 5.91 Å². The Bertz CT molecular complexity index is 532. The number of amides is 1. The molecule has 1 aromatic heterocycles. The SMILES string of the molecule is COCCC(=O)N[C@@H](C)c1ccc(-n2cccc2)cc1. The number of aromatic nitrogens is 1. The van der Waals surface area contributed by atoms with Crippen molar-refractivity contribution < 1.29 is 9.53 Å². The number of rotatable bonds is 6. The van der Waals surface area contributed by atoms with E-state index in [1.807, 2.05) is 60.3 Å². The van der Waals surface area contributed by atoms with Crippen molar-refractivity contribution in [3.63, 3.8) is 0 Å². The van der Waals surface area contributed by atoms with E-state index in [0.717, 1.165) is 11.3 Å².